The van der Waals surface area contributed by atoms with Crippen LogP contribution >= 0.6 is 0 Å². The van der Waals surface area contributed by atoms with Gasteiger partial charge in [0.1, 0.15) is 12.7 Å². The smallest absolute Gasteiger partial charge is 0.303 e. The first-order valence-corrected chi connectivity index (χ1v) is 6.29. The Hall–Kier alpha value is -1.71. The summed E-state index contributed by atoms with van der Waals surface area (Å²) in [7, 11) is 0. The standard InChI is InChI=1S/C12H19NO8/c1-5(14)18-4-8-10(19-6(2)15)11(20-7(3)16)9(13)12(17)21-8/h8-12,17H,4,13H2,1-3H3/t8?,9-,10+,11+,12-/m0/s1. The average Bonchev–Trinajstić information content (AvgIpc) is 2.35. The van der Waals surface area contributed by atoms with Crippen LogP contribution < -0.4 is 5.73 Å². The van der Waals surface area contributed by atoms with Gasteiger partial charge in [-0.1, -0.05) is 0 Å². The van der Waals surface area contributed by atoms with Crippen molar-refractivity contribution in [1.29, 1.82) is 0 Å². The first-order valence-electron chi connectivity index (χ1n) is 6.29. The molecule has 1 rings (SSSR count). The van der Waals surface area contributed by atoms with Gasteiger partial charge in [0, 0.05) is 20.8 Å². The molecule has 1 heterocycles. The van der Waals surface area contributed by atoms with Gasteiger partial charge < -0.3 is 29.8 Å². The second-order valence-electron chi connectivity index (χ2n) is 4.59. The molecule has 1 aliphatic heterocycles. The van der Waals surface area contributed by atoms with Crippen LogP contribution in [0.3, 0.4) is 0 Å². The minimum atomic E-state index is -1.46. The fourth-order valence-electron chi connectivity index (χ4n) is 1.95. The van der Waals surface area contributed by atoms with Gasteiger partial charge in [0.15, 0.2) is 18.5 Å². The molecule has 1 saturated heterocycles. The van der Waals surface area contributed by atoms with E-state index in [2.05, 4.69) is 0 Å². The largest absolute Gasteiger partial charge is 0.463 e. The monoisotopic (exact) mass is 305 g/mol. The van der Waals surface area contributed by atoms with E-state index >= 15 is 0 Å². The lowest BCUT2D eigenvalue weighted by Crippen LogP contribution is -2.64. The normalized spacial score (nSPS) is 32.1. The maximum absolute atomic E-state index is 11.2. The third-order valence-electron chi connectivity index (χ3n) is 2.77. The van der Waals surface area contributed by atoms with Gasteiger partial charge in [-0.25, -0.2) is 0 Å². The number of aliphatic hydroxyl groups is 1. The van der Waals surface area contributed by atoms with Gasteiger partial charge >= 0.3 is 17.9 Å². The topological polar surface area (TPSA) is 134 Å². The van der Waals surface area contributed by atoms with E-state index in [1.165, 1.54) is 6.92 Å². The summed E-state index contributed by atoms with van der Waals surface area (Å²) in [5, 5.41) is 9.73. The number of hydrogen-bond acceptors (Lipinski definition) is 9. The molecule has 1 aliphatic rings. The van der Waals surface area contributed by atoms with Gasteiger partial charge in [0.25, 0.3) is 0 Å². The molecule has 9 heteroatoms. The molecule has 0 amide bonds. The van der Waals surface area contributed by atoms with Crippen molar-refractivity contribution in [1.82, 2.24) is 0 Å². The maximum Gasteiger partial charge on any atom is 0.303 e. The van der Waals surface area contributed by atoms with E-state index in [0.29, 0.717) is 0 Å². The quantitative estimate of drug-likeness (QED) is 0.468. The van der Waals surface area contributed by atoms with E-state index < -0.39 is 48.6 Å². The molecule has 0 aromatic heterocycles. The van der Waals surface area contributed by atoms with E-state index in [-0.39, 0.29) is 6.61 Å². The predicted octanol–water partition coefficient (Wildman–Crippen LogP) is -1.54. The van der Waals surface area contributed by atoms with E-state index in [1.54, 1.807) is 0 Å². The molecular weight excluding hydrogens is 286 g/mol. The van der Waals surface area contributed by atoms with Gasteiger partial charge in [-0.05, 0) is 0 Å². The Morgan fingerprint density at radius 2 is 1.57 bits per heavy atom. The third kappa shape index (κ3) is 4.96. The van der Waals surface area contributed by atoms with Crippen LogP contribution in [0.5, 0.6) is 0 Å². The Balaban J connectivity index is 2.94. The highest BCUT2D eigenvalue weighted by Gasteiger charge is 2.48. The Labute approximate surface area is 121 Å². The zero-order chi connectivity index (χ0) is 16.2. The Morgan fingerprint density at radius 3 is 2.05 bits per heavy atom. The van der Waals surface area contributed by atoms with Crippen LogP contribution in [0, 0.1) is 0 Å². The number of aliphatic hydroxyl groups excluding tert-OH is 1. The summed E-state index contributed by atoms with van der Waals surface area (Å²) in [6.07, 6.45) is -4.67. The number of ether oxygens (including phenoxy) is 4. The Bertz CT molecular complexity index is 412. The average molecular weight is 305 g/mol. The van der Waals surface area contributed by atoms with E-state index in [9.17, 15) is 19.5 Å². The molecule has 3 N–H and O–H groups in total. The summed E-state index contributed by atoms with van der Waals surface area (Å²) in [6.45, 7) is 3.22. The van der Waals surface area contributed by atoms with E-state index in [4.69, 9.17) is 24.7 Å². The van der Waals surface area contributed by atoms with Crippen LogP contribution in [0.1, 0.15) is 20.8 Å². The lowest BCUT2D eigenvalue weighted by atomic mass is 9.97. The fourth-order valence-corrected chi connectivity index (χ4v) is 1.95. The number of hydrogen-bond donors (Lipinski definition) is 2. The number of esters is 3. The van der Waals surface area contributed by atoms with Crippen molar-refractivity contribution < 1.29 is 38.4 Å². The van der Waals surface area contributed by atoms with Crippen LogP contribution in [-0.4, -0.2) is 60.3 Å². The zero-order valence-electron chi connectivity index (χ0n) is 12.0. The molecule has 9 nitrogen and oxygen atoms in total. The molecule has 0 spiro atoms. The SMILES string of the molecule is CC(=O)OCC1O[C@H](O)[C@@H](N)[C@@H](OC(C)=O)[C@@H]1OC(C)=O. The summed E-state index contributed by atoms with van der Waals surface area (Å²) in [6, 6.07) is -1.10. The second kappa shape index (κ2) is 7.34. The molecule has 0 radical (unpaired) electrons. The summed E-state index contributed by atoms with van der Waals surface area (Å²) >= 11 is 0. The van der Waals surface area contributed by atoms with Crippen molar-refractivity contribution in [3.05, 3.63) is 0 Å². The highest BCUT2D eigenvalue weighted by atomic mass is 16.7. The Morgan fingerprint density at radius 1 is 1.05 bits per heavy atom. The van der Waals surface area contributed by atoms with Gasteiger partial charge in [-0.15, -0.1) is 0 Å². The minimum Gasteiger partial charge on any atom is -0.463 e. The lowest BCUT2D eigenvalue weighted by Gasteiger charge is -2.41. The van der Waals surface area contributed by atoms with Crippen LogP contribution in [0.15, 0.2) is 0 Å². The summed E-state index contributed by atoms with van der Waals surface area (Å²) in [5.74, 6) is -1.89. The lowest BCUT2D eigenvalue weighted by molar-refractivity contribution is -0.260. The number of rotatable bonds is 4. The fraction of sp³-hybridized carbons (Fsp3) is 0.750. The zero-order valence-corrected chi connectivity index (χ0v) is 12.0. The molecule has 0 aromatic rings. The van der Waals surface area contributed by atoms with Crippen LogP contribution in [0.4, 0.5) is 0 Å². The molecule has 0 aromatic carbocycles. The maximum atomic E-state index is 11.2. The molecule has 120 valence electrons. The van der Waals surface area contributed by atoms with Crippen molar-refractivity contribution in [3.63, 3.8) is 0 Å². The first kappa shape index (κ1) is 17.3. The van der Waals surface area contributed by atoms with Gasteiger partial charge in [0.05, 0.1) is 6.04 Å². The Kier molecular flexibility index (Phi) is 6.06. The number of carbonyl (C=O) groups excluding carboxylic acids is 3. The third-order valence-corrected chi connectivity index (χ3v) is 2.77. The van der Waals surface area contributed by atoms with Crippen LogP contribution in [0.25, 0.3) is 0 Å². The van der Waals surface area contributed by atoms with Gasteiger partial charge in [-0.3, -0.25) is 14.4 Å². The van der Waals surface area contributed by atoms with Crippen molar-refractivity contribution in [3.8, 4) is 0 Å². The van der Waals surface area contributed by atoms with Gasteiger partial charge in [0.2, 0.25) is 0 Å². The van der Waals surface area contributed by atoms with Gasteiger partial charge in [-0.2, -0.15) is 0 Å². The molecule has 0 bridgehead atoms. The highest BCUT2D eigenvalue weighted by Crippen LogP contribution is 2.24. The second-order valence-corrected chi connectivity index (χ2v) is 4.59. The summed E-state index contributed by atoms with van der Waals surface area (Å²) in [4.78, 5) is 33.2. The van der Waals surface area contributed by atoms with Crippen molar-refractivity contribution in [2.24, 2.45) is 5.73 Å². The molecule has 21 heavy (non-hydrogen) atoms. The molecule has 0 aliphatic carbocycles. The van der Waals surface area contributed by atoms with E-state index in [1.807, 2.05) is 0 Å². The molecule has 1 fully saturated rings. The van der Waals surface area contributed by atoms with Crippen molar-refractivity contribution in [2.75, 3.05) is 6.61 Å². The van der Waals surface area contributed by atoms with Crippen LogP contribution in [-0.2, 0) is 33.3 Å². The van der Waals surface area contributed by atoms with Crippen molar-refractivity contribution >= 4 is 17.9 Å². The molecule has 1 unspecified atom stereocenters. The minimum absolute atomic E-state index is 0.283. The highest BCUT2D eigenvalue weighted by molar-refractivity contribution is 5.67. The molecular formula is C12H19NO8. The molecule has 0 saturated carbocycles. The summed E-state index contributed by atoms with van der Waals surface area (Å²) < 4.78 is 20.0. The predicted molar refractivity (Wildman–Crippen MR) is 66.6 cm³/mol. The summed E-state index contributed by atoms with van der Waals surface area (Å²) in [5.41, 5.74) is 5.70. The first-order chi connectivity index (χ1) is 9.72. The number of nitrogens with two attached hydrogens (primary N) is 1. The number of carbonyl (C=O) groups is 3. The molecule has 5 atom stereocenters. The van der Waals surface area contributed by atoms with Crippen molar-refractivity contribution in [2.45, 2.75) is 51.4 Å². The van der Waals surface area contributed by atoms with E-state index in [0.717, 1.165) is 13.8 Å². The van der Waals surface area contributed by atoms with Crippen LogP contribution in [0.2, 0.25) is 0 Å².